The minimum Gasteiger partial charge on any atom is -0.341 e. The van der Waals surface area contributed by atoms with E-state index in [9.17, 15) is 4.79 Å². The number of likely N-dealkylation sites (tertiary alicyclic amines) is 1. The Morgan fingerprint density at radius 3 is 3.10 bits per heavy atom. The molecule has 1 aliphatic carbocycles. The lowest BCUT2D eigenvalue weighted by Crippen LogP contribution is -2.41. The van der Waals surface area contributed by atoms with Crippen LogP contribution in [0, 0.1) is 5.92 Å². The van der Waals surface area contributed by atoms with E-state index in [1.54, 1.807) is 0 Å². The smallest absolute Gasteiger partial charge is 0.223 e. The van der Waals surface area contributed by atoms with Gasteiger partial charge in [-0.05, 0) is 31.6 Å². The average molecular weight is 287 g/mol. The van der Waals surface area contributed by atoms with Crippen LogP contribution in [0.3, 0.4) is 0 Å². The number of nitrogens with zero attached hydrogens (tertiary/aromatic N) is 3. The van der Waals surface area contributed by atoms with Crippen molar-refractivity contribution >= 4 is 5.91 Å². The van der Waals surface area contributed by atoms with Crippen molar-refractivity contribution in [3.05, 3.63) is 30.4 Å². The number of hydrogen-bond donors (Lipinski definition) is 0. The number of rotatable bonds is 4. The van der Waals surface area contributed by atoms with E-state index in [4.69, 9.17) is 0 Å². The van der Waals surface area contributed by atoms with Gasteiger partial charge in [-0.2, -0.15) is 0 Å². The largest absolute Gasteiger partial charge is 0.341 e. The second kappa shape index (κ2) is 6.46. The van der Waals surface area contributed by atoms with E-state index < -0.39 is 0 Å². The van der Waals surface area contributed by atoms with Crippen LogP contribution in [0.25, 0.3) is 0 Å². The fourth-order valence-corrected chi connectivity index (χ4v) is 3.58. The molecule has 0 spiro atoms. The molecular formula is C17H25N3O. The van der Waals surface area contributed by atoms with Gasteiger partial charge in [0, 0.05) is 38.3 Å². The van der Waals surface area contributed by atoms with E-state index in [2.05, 4.69) is 39.7 Å². The van der Waals surface area contributed by atoms with E-state index in [1.165, 1.54) is 0 Å². The summed E-state index contributed by atoms with van der Waals surface area (Å²) in [6, 6.07) is 0.402. The molecule has 1 fully saturated rings. The molecular weight excluding hydrogens is 262 g/mol. The first-order valence-corrected chi connectivity index (χ1v) is 8.24. The van der Waals surface area contributed by atoms with Crippen molar-refractivity contribution in [2.75, 3.05) is 13.1 Å². The van der Waals surface area contributed by atoms with E-state index in [-0.39, 0.29) is 0 Å². The van der Waals surface area contributed by atoms with Gasteiger partial charge >= 0.3 is 0 Å². The molecule has 1 aromatic rings. The SMILES string of the molecule is CCc1nccn1[C@H]1CCCN(C(=O)C[C@@H]2C=CCC2)C1. The molecule has 2 heterocycles. The monoisotopic (exact) mass is 287 g/mol. The van der Waals surface area contributed by atoms with Crippen molar-refractivity contribution in [2.45, 2.75) is 51.5 Å². The van der Waals surface area contributed by atoms with Gasteiger partial charge in [-0.1, -0.05) is 19.1 Å². The van der Waals surface area contributed by atoms with Crippen molar-refractivity contribution < 1.29 is 4.79 Å². The zero-order valence-electron chi connectivity index (χ0n) is 12.9. The number of imidazole rings is 1. The van der Waals surface area contributed by atoms with Gasteiger partial charge in [0.05, 0.1) is 6.04 Å². The zero-order valence-corrected chi connectivity index (χ0v) is 12.9. The molecule has 2 aliphatic rings. The number of carbonyl (C=O) groups is 1. The number of hydrogen-bond acceptors (Lipinski definition) is 2. The van der Waals surface area contributed by atoms with Gasteiger partial charge in [0.15, 0.2) is 0 Å². The lowest BCUT2D eigenvalue weighted by molar-refractivity contribution is -0.133. The second-order valence-corrected chi connectivity index (χ2v) is 6.21. The minimum absolute atomic E-state index is 0.328. The number of carbonyl (C=O) groups excluding carboxylic acids is 1. The van der Waals surface area contributed by atoms with Crippen LogP contribution in [0.1, 0.15) is 50.9 Å². The molecule has 4 heteroatoms. The zero-order chi connectivity index (χ0) is 14.7. The molecule has 1 saturated heterocycles. The molecule has 0 bridgehead atoms. The van der Waals surface area contributed by atoms with Crippen molar-refractivity contribution in [1.29, 1.82) is 0 Å². The number of aryl methyl sites for hydroxylation is 1. The van der Waals surface area contributed by atoms with Gasteiger partial charge in [0.1, 0.15) is 5.82 Å². The van der Waals surface area contributed by atoms with Gasteiger partial charge in [-0.3, -0.25) is 4.79 Å². The van der Waals surface area contributed by atoms with Crippen LogP contribution in [0.4, 0.5) is 0 Å². The first kappa shape index (κ1) is 14.4. The third-order valence-electron chi connectivity index (χ3n) is 4.76. The highest BCUT2D eigenvalue weighted by atomic mass is 16.2. The summed E-state index contributed by atoms with van der Waals surface area (Å²) < 4.78 is 2.27. The van der Waals surface area contributed by atoms with Crippen LogP contribution in [0.5, 0.6) is 0 Å². The molecule has 4 nitrogen and oxygen atoms in total. The summed E-state index contributed by atoms with van der Waals surface area (Å²) in [7, 11) is 0. The molecule has 0 radical (unpaired) electrons. The van der Waals surface area contributed by atoms with Crippen molar-refractivity contribution in [3.8, 4) is 0 Å². The molecule has 2 atom stereocenters. The van der Waals surface area contributed by atoms with E-state index >= 15 is 0 Å². The summed E-state index contributed by atoms with van der Waals surface area (Å²) in [6.07, 6.45) is 14.5. The molecule has 3 rings (SSSR count). The topological polar surface area (TPSA) is 38.1 Å². The quantitative estimate of drug-likeness (QED) is 0.799. The maximum Gasteiger partial charge on any atom is 0.223 e. The van der Waals surface area contributed by atoms with Gasteiger partial charge in [-0.25, -0.2) is 4.98 Å². The Balaban J connectivity index is 1.62. The van der Waals surface area contributed by atoms with Crippen LogP contribution < -0.4 is 0 Å². The Hall–Kier alpha value is -1.58. The highest BCUT2D eigenvalue weighted by Crippen LogP contribution is 2.26. The molecule has 21 heavy (non-hydrogen) atoms. The second-order valence-electron chi connectivity index (χ2n) is 6.21. The summed E-state index contributed by atoms with van der Waals surface area (Å²) in [5.41, 5.74) is 0. The van der Waals surface area contributed by atoms with E-state index in [0.29, 0.717) is 24.3 Å². The van der Waals surface area contributed by atoms with Crippen LogP contribution >= 0.6 is 0 Å². The van der Waals surface area contributed by atoms with E-state index in [0.717, 1.165) is 51.0 Å². The maximum atomic E-state index is 12.5. The average Bonchev–Trinajstić information content (AvgIpc) is 3.18. The number of piperidine rings is 1. The van der Waals surface area contributed by atoms with Crippen LogP contribution in [-0.4, -0.2) is 33.4 Å². The van der Waals surface area contributed by atoms with Gasteiger partial charge in [0.25, 0.3) is 0 Å². The van der Waals surface area contributed by atoms with Gasteiger partial charge < -0.3 is 9.47 Å². The third kappa shape index (κ3) is 3.20. The van der Waals surface area contributed by atoms with Crippen LogP contribution in [0.2, 0.25) is 0 Å². The van der Waals surface area contributed by atoms with E-state index in [1.807, 2.05) is 6.20 Å². The summed E-state index contributed by atoms with van der Waals surface area (Å²) in [5, 5.41) is 0. The highest BCUT2D eigenvalue weighted by molar-refractivity contribution is 5.76. The summed E-state index contributed by atoms with van der Waals surface area (Å²) in [5.74, 6) is 1.93. The Kier molecular flexibility index (Phi) is 4.42. The van der Waals surface area contributed by atoms with Crippen LogP contribution in [-0.2, 0) is 11.2 Å². The Morgan fingerprint density at radius 2 is 2.33 bits per heavy atom. The summed E-state index contributed by atoms with van der Waals surface area (Å²) in [6.45, 7) is 3.90. The normalized spacial score (nSPS) is 25.5. The Morgan fingerprint density at radius 1 is 1.43 bits per heavy atom. The summed E-state index contributed by atoms with van der Waals surface area (Å²) in [4.78, 5) is 19.0. The lowest BCUT2D eigenvalue weighted by atomic mass is 10.0. The number of allylic oxidation sites excluding steroid dienone is 2. The predicted molar refractivity (Wildman–Crippen MR) is 82.9 cm³/mol. The molecule has 0 N–H and O–H groups in total. The number of amides is 1. The molecule has 1 aromatic heterocycles. The van der Waals surface area contributed by atoms with Crippen molar-refractivity contribution in [2.24, 2.45) is 5.92 Å². The van der Waals surface area contributed by atoms with Crippen molar-refractivity contribution in [1.82, 2.24) is 14.5 Å². The Bertz CT molecular complexity index is 520. The van der Waals surface area contributed by atoms with Gasteiger partial charge in [0.2, 0.25) is 5.91 Å². The maximum absolute atomic E-state index is 12.5. The van der Waals surface area contributed by atoms with Crippen molar-refractivity contribution in [3.63, 3.8) is 0 Å². The lowest BCUT2D eigenvalue weighted by Gasteiger charge is -2.34. The molecule has 0 saturated carbocycles. The number of aromatic nitrogens is 2. The molecule has 1 amide bonds. The molecule has 0 unspecified atom stereocenters. The standard InChI is InChI=1S/C17H25N3O/c1-2-16-18-9-11-20(16)15-8-5-10-19(13-15)17(21)12-14-6-3-4-7-14/h3,6,9,11,14-15H,2,4-5,7-8,10,12-13H2,1H3/t14-,15+/m1/s1. The fraction of sp³-hybridized carbons (Fsp3) is 0.647. The predicted octanol–water partition coefficient (Wildman–Crippen LogP) is 2.97. The first-order valence-electron chi connectivity index (χ1n) is 8.24. The molecule has 1 aliphatic heterocycles. The van der Waals surface area contributed by atoms with Crippen LogP contribution in [0.15, 0.2) is 24.5 Å². The third-order valence-corrected chi connectivity index (χ3v) is 4.76. The Labute approximate surface area is 126 Å². The molecule has 0 aromatic carbocycles. The first-order chi connectivity index (χ1) is 10.3. The minimum atomic E-state index is 0.328. The van der Waals surface area contributed by atoms with Gasteiger partial charge in [-0.15, -0.1) is 0 Å². The fourth-order valence-electron chi connectivity index (χ4n) is 3.58. The summed E-state index contributed by atoms with van der Waals surface area (Å²) >= 11 is 0. The molecule has 114 valence electrons. The highest BCUT2D eigenvalue weighted by Gasteiger charge is 2.27.